The lowest BCUT2D eigenvalue weighted by Crippen LogP contribution is -2.44. The maximum absolute atomic E-state index is 13.4. The Morgan fingerprint density at radius 3 is 2.56 bits per heavy atom. The molecule has 0 spiro atoms. The van der Waals surface area contributed by atoms with E-state index in [1.807, 2.05) is 0 Å². The fourth-order valence-corrected chi connectivity index (χ4v) is 6.32. The summed E-state index contributed by atoms with van der Waals surface area (Å²) >= 11 is 1.04. The van der Waals surface area contributed by atoms with Crippen molar-refractivity contribution < 1.29 is 27.5 Å². The Balaban J connectivity index is 1.66. The number of anilines is 1. The van der Waals surface area contributed by atoms with Crippen LogP contribution in [0, 0.1) is 0 Å². The molecule has 2 aromatic heterocycles. The smallest absolute Gasteiger partial charge is 0.338 e. The molecule has 9 nitrogen and oxygen atoms in total. The largest absolute Gasteiger partial charge is 0.462 e. The van der Waals surface area contributed by atoms with Crippen LogP contribution in [0.4, 0.5) is 5.69 Å². The predicted octanol–water partition coefficient (Wildman–Crippen LogP) is 2.84. The van der Waals surface area contributed by atoms with Gasteiger partial charge in [0.1, 0.15) is 10.3 Å². The number of benzene rings is 1. The summed E-state index contributed by atoms with van der Waals surface area (Å²) in [7, 11) is -4.06. The molecule has 1 aliphatic rings. The lowest BCUT2D eigenvalue weighted by atomic mass is 10.2. The second-order valence-electron chi connectivity index (χ2n) is 7.40. The molecule has 4 rings (SSSR count). The van der Waals surface area contributed by atoms with E-state index >= 15 is 0 Å². The second-order valence-corrected chi connectivity index (χ2v) is 10.5. The first kappa shape index (κ1) is 23.7. The zero-order chi connectivity index (χ0) is 24.3. The van der Waals surface area contributed by atoms with Crippen LogP contribution in [0.15, 0.2) is 70.5 Å². The van der Waals surface area contributed by atoms with Gasteiger partial charge in [0.15, 0.2) is 0 Å². The number of carbonyl (C=O) groups is 3. The third-order valence-electron chi connectivity index (χ3n) is 5.23. The van der Waals surface area contributed by atoms with Crippen LogP contribution < -0.4 is 4.90 Å². The third kappa shape index (κ3) is 4.63. The molecular formula is C23H21N3O6S2. The van der Waals surface area contributed by atoms with E-state index in [1.54, 1.807) is 36.7 Å². The van der Waals surface area contributed by atoms with Crippen LogP contribution in [0.3, 0.4) is 0 Å². The highest BCUT2D eigenvalue weighted by molar-refractivity contribution is 7.91. The summed E-state index contributed by atoms with van der Waals surface area (Å²) in [5, 5.41) is 1.63. The van der Waals surface area contributed by atoms with Crippen molar-refractivity contribution in [2.75, 3.05) is 11.5 Å². The number of imide groups is 1. The van der Waals surface area contributed by atoms with Crippen molar-refractivity contribution in [3.63, 3.8) is 0 Å². The quantitative estimate of drug-likeness (QED) is 0.346. The van der Waals surface area contributed by atoms with E-state index in [4.69, 9.17) is 4.74 Å². The molecule has 0 aliphatic carbocycles. The van der Waals surface area contributed by atoms with Crippen molar-refractivity contribution in [1.82, 2.24) is 9.29 Å². The van der Waals surface area contributed by atoms with E-state index in [0.29, 0.717) is 5.56 Å². The van der Waals surface area contributed by atoms with Gasteiger partial charge in [-0.3, -0.25) is 14.6 Å². The molecule has 2 amide bonds. The standard InChI is InChI=1S/C23H21N3O6S2/c1-2-32-23(29)17-7-9-18(10-8-17)26-20(27)13-19(22(26)28)25(15-16-5-3-11-24-14-16)34(30,31)21-6-4-12-33-21/h3-12,14,19H,2,13,15H2,1H3. The number of esters is 1. The number of carbonyl (C=O) groups excluding carboxylic acids is 3. The number of amides is 2. The molecule has 1 atom stereocenters. The molecule has 0 bridgehead atoms. The van der Waals surface area contributed by atoms with Gasteiger partial charge in [-0.15, -0.1) is 11.3 Å². The first-order chi connectivity index (χ1) is 16.3. The minimum atomic E-state index is -4.06. The highest BCUT2D eigenvalue weighted by Crippen LogP contribution is 2.32. The Hall–Kier alpha value is -3.41. The van der Waals surface area contributed by atoms with Gasteiger partial charge in [-0.2, -0.15) is 4.31 Å². The summed E-state index contributed by atoms with van der Waals surface area (Å²) in [6.07, 6.45) is 2.78. The Bertz CT molecular complexity index is 1290. The molecular weight excluding hydrogens is 478 g/mol. The number of aromatic nitrogens is 1. The van der Waals surface area contributed by atoms with Crippen molar-refractivity contribution >= 4 is 44.8 Å². The first-order valence-corrected chi connectivity index (χ1v) is 12.7. The molecule has 1 unspecified atom stereocenters. The van der Waals surface area contributed by atoms with Crippen molar-refractivity contribution in [3.8, 4) is 0 Å². The summed E-state index contributed by atoms with van der Waals surface area (Å²) in [5.74, 6) is -1.70. The van der Waals surface area contributed by atoms with E-state index in [-0.39, 0.29) is 35.0 Å². The average Bonchev–Trinajstić information content (AvgIpc) is 3.47. The van der Waals surface area contributed by atoms with Gasteiger partial charge < -0.3 is 4.74 Å². The number of rotatable bonds is 8. The zero-order valence-electron chi connectivity index (χ0n) is 18.2. The molecule has 0 saturated carbocycles. The summed E-state index contributed by atoms with van der Waals surface area (Å²) < 4.78 is 33.0. The van der Waals surface area contributed by atoms with E-state index in [2.05, 4.69) is 4.98 Å². The van der Waals surface area contributed by atoms with Gasteiger partial charge >= 0.3 is 5.97 Å². The predicted molar refractivity (Wildman–Crippen MR) is 125 cm³/mol. The van der Waals surface area contributed by atoms with Crippen LogP contribution in [0.25, 0.3) is 0 Å². The van der Waals surface area contributed by atoms with E-state index in [9.17, 15) is 22.8 Å². The van der Waals surface area contributed by atoms with Gasteiger partial charge in [-0.25, -0.2) is 18.1 Å². The van der Waals surface area contributed by atoms with Gasteiger partial charge in [-0.1, -0.05) is 12.1 Å². The topological polar surface area (TPSA) is 114 Å². The molecule has 34 heavy (non-hydrogen) atoms. The van der Waals surface area contributed by atoms with Crippen molar-refractivity contribution in [1.29, 1.82) is 0 Å². The summed E-state index contributed by atoms with van der Waals surface area (Å²) in [4.78, 5) is 43.1. The minimum absolute atomic E-state index is 0.0777. The summed E-state index contributed by atoms with van der Waals surface area (Å²) in [6.45, 7) is 1.79. The first-order valence-electron chi connectivity index (χ1n) is 10.4. The second kappa shape index (κ2) is 9.84. The third-order valence-corrected chi connectivity index (χ3v) is 8.45. The van der Waals surface area contributed by atoms with E-state index in [1.165, 1.54) is 36.5 Å². The zero-order valence-corrected chi connectivity index (χ0v) is 19.8. The van der Waals surface area contributed by atoms with Gasteiger partial charge in [0.05, 0.1) is 24.3 Å². The van der Waals surface area contributed by atoms with Crippen LogP contribution >= 0.6 is 11.3 Å². The fourth-order valence-electron chi connectivity index (χ4n) is 3.63. The van der Waals surface area contributed by atoms with Crippen molar-refractivity contribution in [2.45, 2.75) is 30.1 Å². The van der Waals surface area contributed by atoms with Gasteiger partial charge in [0.25, 0.3) is 15.9 Å². The maximum Gasteiger partial charge on any atom is 0.338 e. The number of hydrogen-bond acceptors (Lipinski definition) is 8. The Morgan fingerprint density at radius 2 is 1.94 bits per heavy atom. The molecule has 1 aromatic carbocycles. The van der Waals surface area contributed by atoms with E-state index in [0.717, 1.165) is 20.5 Å². The van der Waals surface area contributed by atoms with Crippen molar-refractivity contribution in [2.24, 2.45) is 0 Å². The Labute approximate surface area is 200 Å². The van der Waals surface area contributed by atoms with Gasteiger partial charge in [-0.05, 0) is 54.3 Å². The number of hydrogen-bond donors (Lipinski definition) is 0. The van der Waals surface area contributed by atoms with E-state index < -0.39 is 33.8 Å². The molecule has 11 heteroatoms. The SMILES string of the molecule is CCOC(=O)c1ccc(N2C(=O)CC(N(Cc3cccnc3)S(=O)(=O)c3cccs3)C2=O)cc1. The Morgan fingerprint density at radius 1 is 1.18 bits per heavy atom. The number of ether oxygens (including phenoxy) is 1. The number of nitrogens with zero attached hydrogens (tertiary/aromatic N) is 3. The fraction of sp³-hybridized carbons (Fsp3) is 0.217. The minimum Gasteiger partial charge on any atom is -0.462 e. The summed E-state index contributed by atoms with van der Waals surface area (Å²) in [6, 6.07) is 11.1. The van der Waals surface area contributed by atoms with Gasteiger partial charge in [0, 0.05) is 18.9 Å². The van der Waals surface area contributed by atoms with Crippen LogP contribution in [0.1, 0.15) is 29.3 Å². The molecule has 0 radical (unpaired) electrons. The van der Waals surface area contributed by atoms with Crippen LogP contribution in [0.5, 0.6) is 0 Å². The molecule has 1 fully saturated rings. The van der Waals surface area contributed by atoms with Crippen LogP contribution in [-0.2, 0) is 30.9 Å². The van der Waals surface area contributed by atoms with Gasteiger partial charge in [0.2, 0.25) is 5.91 Å². The molecule has 1 aliphatic heterocycles. The van der Waals surface area contributed by atoms with Crippen molar-refractivity contribution in [3.05, 3.63) is 77.4 Å². The monoisotopic (exact) mass is 499 g/mol. The normalized spacial score (nSPS) is 16.3. The Kier molecular flexibility index (Phi) is 6.87. The number of pyridine rings is 1. The molecule has 176 valence electrons. The number of sulfonamides is 1. The highest BCUT2D eigenvalue weighted by atomic mass is 32.2. The number of thiophene rings is 1. The van der Waals surface area contributed by atoms with Crippen LogP contribution in [0.2, 0.25) is 0 Å². The molecule has 1 saturated heterocycles. The summed E-state index contributed by atoms with van der Waals surface area (Å²) in [5.41, 5.74) is 1.11. The average molecular weight is 500 g/mol. The molecule has 0 N–H and O–H groups in total. The highest BCUT2D eigenvalue weighted by Gasteiger charge is 2.47. The van der Waals surface area contributed by atoms with Crippen LogP contribution in [-0.4, -0.2) is 48.1 Å². The maximum atomic E-state index is 13.4. The lowest BCUT2D eigenvalue weighted by Gasteiger charge is -2.26. The lowest BCUT2D eigenvalue weighted by molar-refractivity contribution is -0.122. The molecule has 3 heterocycles. The molecule has 3 aromatic rings.